The largest absolute Gasteiger partial charge is 0.319 e. The average Bonchev–Trinajstić information content (AvgIpc) is 2.67. The van der Waals surface area contributed by atoms with Crippen molar-refractivity contribution in [3.63, 3.8) is 0 Å². The van der Waals surface area contributed by atoms with Gasteiger partial charge in [-0.2, -0.15) is 0 Å². The highest BCUT2D eigenvalue weighted by Crippen LogP contribution is 2.32. The van der Waals surface area contributed by atoms with E-state index in [9.17, 15) is 22.0 Å². The van der Waals surface area contributed by atoms with Crippen LogP contribution in [0.2, 0.25) is 10.0 Å². The number of carbonyl (C=O) groups excluding carboxylic acids is 1. The first-order chi connectivity index (χ1) is 13.7. The Labute approximate surface area is 175 Å². The van der Waals surface area contributed by atoms with Crippen LogP contribution >= 0.6 is 23.2 Å². The molecule has 3 rings (SSSR count). The number of sulfonamides is 1. The third kappa shape index (κ3) is 4.84. The molecule has 10 heteroatoms. The average molecular weight is 457 g/mol. The fourth-order valence-electron chi connectivity index (χ4n) is 2.35. The fourth-order valence-corrected chi connectivity index (χ4v) is 4.07. The molecule has 0 aliphatic carbocycles. The summed E-state index contributed by atoms with van der Waals surface area (Å²) in [6.45, 7) is 0. The standard InChI is InChI=1S/C19H12Cl2F2N2O3S/c20-14-2-1-3-15(21)18(14)25-29(27,28)13-8-9-17(16(23)10-13)24-19(26)11-4-6-12(22)7-5-11/h1-10,25H,(H,24,26). The molecule has 0 aliphatic heterocycles. The van der Waals surface area contributed by atoms with Crippen LogP contribution in [0.25, 0.3) is 0 Å². The van der Waals surface area contributed by atoms with Crippen molar-refractivity contribution in [3.05, 3.63) is 87.9 Å². The minimum absolute atomic E-state index is 0.0371. The molecule has 1 amide bonds. The van der Waals surface area contributed by atoms with E-state index < -0.39 is 32.5 Å². The van der Waals surface area contributed by atoms with Gasteiger partial charge in [0, 0.05) is 5.56 Å². The highest BCUT2D eigenvalue weighted by atomic mass is 35.5. The lowest BCUT2D eigenvalue weighted by Crippen LogP contribution is -2.16. The zero-order valence-electron chi connectivity index (χ0n) is 14.4. The van der Waals surface area contributed by atoms with Gasteiger partial charge in [0.05, 0.1) is 26.3 Å². The van der Waals surface area contributed by atoms with Gasteiger partial charge in [0.1, 0.15) is 11.6 Å². The summed E-state index contributed by atoms with van der Waals surface area (Å²) in [4.78, 5) is 11.7. The molecule has 5 nitrogen and oxygen atoms in total. The molecule has 0 heterocycles. The van der Waals surface area contributed by atoms with E-state index >= 15 is 0 Å². The van der Waals surface area contributed by atoms with Crippen LogP contribution in [0.5, 0.6) is 0 Å². The van der Waals surface area contributed by atoms with Crippen LogP contribution in [0, 0.1) is 11.6 Å². The van der Waals surface area contributed by atoms with Crippen molar-refractivity contribution in [1.29, 1.82) is 0 Å². The van der Waals surface area contributed by atoms with Gasteiger partial charge < -0.3 is 5.32 Å². The predicted octanol–water partition coefficient (Wildman–Crippen LogP) is 5.32. The normalized spacial score (nSPS) is 11.2. The van der Waals surface area contributed by atoms with E-state index in [0.717, 1.165) is 30.3 Å². The Morgan fingerprint density at radius 1 is 0.897 bits per heavy atom. The number of carbonyl (C=O) groups is 1. The summed E-state index contributed by atoms with van der Waals surface area (Å²) in [6.07, 6.45) is 0. The van der Waals surface area contributed by atoms with E-state index in [2.05, 4.69) is 10.0 Å². The van der Waals surface area contributed by atoms with E-state index in [1.807, 2.05) is 0 Å². The Balaban J connectivity index is 1.83. The van der Waals surface area contributed by atoms with Gasteiger partial charge in [0.15, 0.2) is 0 Å². The molecular formula is C19H12Cl2F2N2O3S. The smallest absolute Gasteiger partial charge is 0.262 e. The number of benzene rings is 3. The molecule has 0 unspecified atom stereocenters. The first-order valence-corrected chi connectivity index (χ1v) is 10.2. The summed E-state index contributed by atoms with van der Waals surface area (Å²) in [5.41, 5.74) is -0.170. The van der Waals surface area contributed by atoms with Gasteiger partial charge in [-0.3, -0.25) is 9.52 Å². The van der Waals surface area contributed by atoms with Crippen LogP contribution in [0.4, 0.5) is 20.2 Å². The number of hydrogen-bond donors (Lipinski definition) is 2. The molecule has 0 saturated heterocycles. The van der Waals surface area contributed by atoms with Crippen LogP contribution in [0.1, 0.15) is 10.4 Å². The van der Waals surface area contributed by atoms with E-state index in [1.54, 1.807) is 6.07 Å². The van der Waals surface area contributed by atoms with Gasteiger partial charge in [-0.25, -0.2) is 17.2 Å². The Bertz CT molecular complexity index is 1170. The highest BCUT2D eigenvalue weighted by molar-refractivity contribution is 7.92. The predicted molar refractivity (Wildman–Crippen MR) is 108 cm³/mol. The molecule has 0 saturated carbocycles. The second kappa shape index (κ2) is 8.36. The maximum atomic E-state index is 14.4. The maximum absolute atomic E-state index is 14.4. The third-order valence-corrected chi connectivity index (χ3v) is 5.78. The molecular weight excluding hydrogens is 445 g/mol. The summed E-state index contributed by atoms with van der Waals surface area (Å²) in [7, 11) is -4.20. The van der Waals surface area contributed by atoms with E-state index in [-0.39, 0.29) is 27.0 Å². The number of anilines is 2. The Kier molecular flexibility index (Phi) is 6.07. The number of halogens is 4. The molecule has 0 atom stereocenters. The molecule has 0 aromatic heterocycles. The lowest BCUT2D eigenvalue weighted by molar-refractivity contribution is 0.102. The van der Waals surface area contributed by atoms with Gasteiger partial charge in [-0.15, -0.1) is 0 Å². The van der Waals surface area contributed by atoms with Crippen molar-refractivity contribution >= 4 is 50.5 Å². The Morgan fingerprint density at radius 3 is 2.10 bits per heavy atom. The summed E-state index contributed by atoms with van der Waals surface area (Å²) < 4.78 is 54.6. The van der Waals surface area contributed by atoms with Gasteiger partial charge >= 0.3 is 0 Å². The van der Waals surface area contributed by atoms with Gasteiger partial charge in [0.2, 0.25) is 0 Å². The van der Waals surface area contributed by atoms with Crippen molar-refractivity contribution in [3.8, 4) is 0 Å². The minimum Gasteiger partial charge on any atom is -0.319 e. The lowest BCUT2D eigenvalue weighted by atomic mass is 10.2. The van der Waals surface area contributed by atoms with Crippen LogP contribution in [0.3, 0.4) is 0 Å². The molecule has 0 radical (unpaired) electrons. The first-order valence-electron chi connectivity index (χ1n) is 8.01. The quantitative estimate of drug-likeness (QED) is 0.544. The second-order valence-electron chi connectivity index (χ2n) is 5.80. The fraction of sp³-hybridized carbons (Fsp3) is 0. The molecule has 0 fully saturated rings. The number of amides is 1. The van der Waals surface area contributed by atoms with Crippen molar-refractivity contribution < 1.29 is 22.0 Å². The van der Waals surface area contributed by atoms with E-state index in [0.29, 0.717) is 0 Å². The summed E-state index contributed by atoms with van der Waals surface area (Å²) in [5, 5.41) is 2.45. The summed E-state index contributed by atoms with van der Waals surface area (Å²) in [6, 6.07) is 12.0. The molecule has 3 aromatic rings. The van der Waals surface area contributed by atoms with Crippen molar-refractivity contribution in [1.82, 2.24) is 0 Å². The lowest BCUT2D eigenvalue weighted by Gasteiger charge is -2.12. The topological polar surface area (TPSA) is 75.3 Å². The molecule has 29 heavy (non-hydrogen) atoms. The summed E-state index contributed by atoms with van der Waals surface area (Å²) in [5.74, 6) is -2.18. The van der Waals surface area contributed by atoms with Crippen LogP contribution in [0.15, 0.2) is 65.6 Å². The van der Waals surface area contributed by atoms with Crippen molar-refractivity contribution in [2.75, 3.05) is 10.0 Å². The van der Waals surface area contributed by atoms with Gasteiger partial charge in [0.25, 0.3) is 15.9 Å². The monoisotopic (exact) mass is 456 g/mol. The SMILES string of the molecule is O=C(Nc1ccc(S(=O)(=O)Nc2c(Cl)cccc2Cl)cc1F)c1ccc(F)cc1. The number of para-hydroxylation sites is 1. The molecule has 0 spiro atoms. The zero-order valence-corrected chi connectivity index (χ0v) is 16.7. The van der Waals surface area contributed by atoms with Crippen molar-refractivity contribution in [2.24, 2.45) is 0 Å². The second-order valence-corrected chi connectivity index (χ2v) is 8.30. The molecule has 3 aromatic carbocycles. The Hall–Kier alpha value is -2.68. The molecule has 150 valence electrons. The van der Waals surface area contributed by atoms with Gasteiger partial charge in [-0.1, -0.05) is 29.3 Å². The minimum atomic E-state index is -4.20. The van der Waals surface area contributed by atoms with Crippen LogP contribution in [-0.4, -0.2) is 14.3 Å². The van der Waals surface area contributed by atoms with Crippen molar-refractivity contribution in [2.45, 2.75) is 4.90 Å². The molecule has 2 N–H and O–H groups in total. The van der Waals surface area contributed by atoms with Crippen LogP contribution in [-0.2, 0) is 10.0 Å². The zero-order chi connectivity index (χ0) is 21.2. The maximum Gasteiger partial charge on any atom is 0.262 e. The Morgan fingerprint density at radius 2 is 1.52 bits per heavy atom. The number of hydrogen-bond acceptors (Lipinski definition) is 3. The van der Waals surface area contributed by atoms with E-state index in [1.165, 1.54) is 24.3 Å². The first kappa shape index (κ1) is 21.0. The number of nitrogens with one attached hydrogen (secondary N) is 2. The van der Waals surface area contributed by atoms with E-state index in [4.69, 9.17) is 23.2 Å². The highest BCUT2D eigenvalue weighted by Gasteiger charge is 2.20. The van der Waals surface area contributed by atoms with Gasteiger partial charge in [-0.05, 0) is 54.6 Å². The van der Waals surface area contributed by atoms with Crippen LogP contribution < -0.4 is 10.0 Å². The molecule has 0 bridgehead atoms. The summed E-state index contributed by atoms with van der Waals surface area (Å²) >= 11 is 11.9. The molecule has 0 aliphatic rings. The number of rotatable bonds is 5. The third-order valence-electron chi connectivity index (χ3n) is 3.80.